The van der Waals surface area contributed by atoms with E-state index < -0.39 is 0 Å². The molecule has 0 heteroatoms. The monoisotopic (exact) mass is 274 g/mol. The first-order valence-corrected chi connectivity index (χ1v) is 9.37. The van der Waals surface area contributed by atoms with Gasteiger partial charge in [0.2, 0.25) is 0 Å². The van der Waals surface area contributed by atoms with Gasteiger partial charge in [0.25, 0.3) is 0 Å². The average molecular weight is 274 g/mol. The first-order chi connectivity index (χ1) is 9.37. The summed E-state index contributed by atoms with van der Waals surface area (Å²) in [6, 6.07) is 0. The van der Waals surface area contributed by atoms with E-state index in [9.17, 15) is 0 Å². The number of hydrogen-bond acceptors (Lipinski definition) is 0. The number of fused-ring (bicyclic) bond motifs is 3. The third-order valence-electron chi connectivity index (χ3n) is 8.77. The molecule has 4 fully saturated rings. The van der Waals surface area contributed by atoms with Crippen LogP contribution in [-0.4, -0.2) is 0 Å². The van der Waals surface area contributed by atoms with E-state index in [2.05, 4.69) is 27.7 Å². The van der Waals surface area contributed by atoms with E-state index in [4.69, 9.17) is 0 Å². The van der Waals surface area contributed by atoms with Crippen LogP contribution in [0.5, 0.6) is 0 Å². The maximum atomic E-state index is 2.72. The fraction of sp³-hybridized carbons (Fsp3) is 1.00. The molecule has 4 saturated carbocycles. The van der Waals surface area contributed by atoms with E-state index in [0.29, 0.717) is 10.8 Å². The Hall–Kier alpha value is 0. The fourth-order valence-electron chi connectivity index (χ4n) is 8.12. The molecule has 1 spiro atoms. The lowest BCUT2D eigenvalue weighted by molar-refractivity contribution is -0.144. The van der Waals surface area contributed by atoms with Gasteiger partial charge in [-0.2, -0.15) is 0 Å². The molecule has 20 heavy (non-hydrogen) atoms. The Balaban J connectivity index is 1.72. The van der Waals surface area contributed by atoms with Crippen molar-refractivity contribution in [1.29, 1.82) is 0 Å². The molecule has 4 unspecified atom stereocenters. The molecule has 0 aromatic carbocycles. The van der Waals surface area contributed by atoms with Gasteiger partial charge >= 0.3 is 0 Å². The molecule has 0 heterocycles. The summed E-state index contributed by atoms with van der Waals surface area (Å²) in [6.07, 6.45) is 13.9. The largest absolute Gasteiger partial charge is 0.0622 e. The maximum Gasteiger partial charge on any atom is -0.0258 e. The van der Waals surface area contributed by atoms with Gasteiger partial charge in [-0.05, 0) is 91.3 Å². The number of hydrogen-bond donors (Lipinski definition) is 0. The smallest absolute Gasteiger partial charge is 0.0258 e. The predicted octanol–water partition coefficient (Wildman–Crippen LogP) is 6.06. The molecule has 0 radical (unpaired) electrons. The molecule has 114 valence electrons. The van der Waals surface area contributed by atoms with E-state index in [0.717, 1.165) is 29.1 Å². The zero-order valence-corrected chi connectivity index (χ0v) is 14.2. The Labute approximate surface area is 126 Å². The van der Waals surface area contributed by atoms with Crippen molar-refractivity contribution in [3.05, 3.63) is 0 Å². The molecule has 0 nitrogen and oxygen atoms in total. The van der Waals surface area contributed by atoms with E-state index in [1.54, 1.807) is 38.5 Å². The molecule has 0 N–H and O–H groups in total. The predicted molar refractivity (Wildman–Crippen MR) is 85.5 cm³/mol. The van der Waals surface area contributed by atoms with Crippen LogP contribution < -0.4 is 0 Å². The maximum absolute atomic E-state index is 2.72. The molecule has 4 rings (SSSR count). The second-order valence-electron chi connectivity index (χ2n) is 10.1. The average Bonchev–Trinajstić information content (AvgIpc) is 2.58. The standard InChI is InChI=1S/C20H34/c1-14-12-20-11-8-16-18(2,3)9-5-10-19(16,4)17(20)7-6-15(14)13-20/h14-17H,5-13H2,1-4H3/t14-,15?,16?,17?,19-,20?/m0/s1. The van der Waals surface area contributed by atoms with Crippen LogP contribution >= 0.6 is 0 Å². The third-order valence-corrected chi connectivity index (χ3v) is 8.77. The number of rotatable bonds is 0. The van der Waals surface area contributed by atoms with Gasteiger partial charge in [0.15, 0.2) is 0 Å². The van der Waals surface area contributed by atoms with Crippen molar-refractivity contribution in [2.24, 2.45) is 39.9 Å². The van der Waals surface area contributed by atoms with Gasteiger partial charge in [0, 0.05) is 0 Å². The van der Waals surface area contributed by atoms with Gasteiger partial charge in [-0.1, -0.05) is 34.1 Å². The van der Waals surface area contributed by atoms with Gasteiger partial charge in [0.1, 0.15) is 0 Å². The Kier molecular flexibility index (Phi) is 2.76. The Morgan fingerprint density at radius 2 is 1.60 bits per heavy atom. The highest BCUT2D eigenvalue weighted by atomic mass is 14.7. The third kappa shape index (κ3) is 1.60. The first kappa shape index (κ1) is 13.6. The Bertz CT molecular complexity index is 404. The second-order valence-corrected chi connectivity index (χ2v) is 10.1. The van der Waals surface area contributed by atoms with Crippen molar-refractivity contribution in [3.8, 4) is 0 Å². The van der Waals surface area contributed by atoms with Gasteiger partial charge < -0.3 is 0 Å². The summed E-state index contributed by atoms with van der Waals surface area (Å²) in [5, 5.41) is 0. The lowest BCUT2D eigenvalue weighted by atomic mass is 9.41. The lowest BCUT2D eigenvalue weighted by Gasteiger charge is -2.64. The molecule has 0 aromatic heterocycles. The molecule has 0 amide bonds. The van der Waals surface area contributed by atoms with Crippen LogP contribution in [0.2, 0.25) is 0 Å². The van der Waals surface area contributed by atoms with Crippen LogP contribution in [0.3, 0.4) is 0 Å². The van der Waals surface area contributed by atoms with Crippen LogP contribution in [0.4, 0.5) is 0 Å². The minimum absolute atomic E-state index is 0.607. The molecule has 2 bridgehead atoms. The molecular formula is C20H34. The summed E-state index contributed by atoms with van der Waals surface area (Å²) in [7, 11) is 0. The van der Waals surface area contributed by atoms with E-state index in [1.807, 2.05) is 0 Å². The molecule has 4 aliphatic rings. The molecule has 0 saturated heterocycles. The lowest BCUT2D eigenvalue weighted by Crippen LogP contribution is -2.55. The van der Waals surface area contributed by atoms with E-state index in [1.165, 1.54) is 19.3 Å². The van der Waals surface area contributed by atoms with Crippen molar-refractivity contribution in [3.63, 3.8) is 0 Å². The van der Waals surface area contributed by atoms with Crippen LogP contribution in [0.15, 0.2) is 0 Å². The topological polar surface area (TPSA) is 0 Å². The molecule has 0 aromatic rings. The molecule has 0 aliphatic heterocycles. The Morgan fingerprint density at radius 1 is 0.800 bits per heavy atom. The van der Waals surface area contributed by atoms with Crippen molar-refractivity contribution in [1.82, 2.24) is 0 Å². The van der Waals surface area contributed by atoms with Crippen molar-refractivity contribution >= 4 is 0 Å². The molecule has 6 atom stereocenters. The summed E-state index contributed by atoms with van der Waals surface area (Å²) < 4.78 is 0. The minimum Gasteiger partial charge on any atom is -0.0622 e. The van der Waals surface area contributed by atoms with Gasteiger partial charge in [-0.3, -0.25) is 0 Å². The van der Waals surface area contributed by atoms with Crippen LogP contribution in [0.25, 0.3) is 0 Å². The first-order valence-electron chi connectivity index (χ1n) is 9.37. The normalized spacial score (nSPS) is 57.0. The second kappa shape index (κ2) is 4.05. The van der Waals surface area contributed by atoms with E-state index >= 15 is 0 Å². The van der Waals surface area contributed by atoms with Crippen molar-refractivity contribution in [2.75, 3.05) is 0 Å². The fourth-order valence-corrected chi connectivity index (χ4v) is 8.12. The van der Waals surface area contributed by atoms with Crippen LogP contribution in [-0.2, 0) is 0 Å². The van der Waals surface area contributed by atoms with Crippen molar-refractivity contribution < 1.29 is 0 Å². The van der Waals surface area contributed by atoms with Gasteiger partial charge in [-0.25, -0.2) is 0 Å². The van der Waals surface area contributed by atoms with Gasteiger partial charge in [0.05, 0.1) is 0 Å². The molecule has 4 aliphatic carbocycles. The molecular weight excluding hydrogens is 240 g/mol. The zero-order valence-electron chi connectivity index (χ0n) is 14.2. The zero-order chi connectivity index (χ0) is 14.2. The highest BCUT2D eigenvalue weighted by Crippen LogP contribution is 2.72. The van der Waals surface area contributed by atoms with Crippen molar-refractivity contribution in [2.45, 2.75) is 85.5 Å². The summed E-state index contributed by atoms with van der Waals surface area (Å²) >= 11 is 0. The van der Waals surface area contributed by atoms with Gasteiger partial charge in [-0.15, -0.1) is 0 Å². The summed E-state index contributed by atoms with van der Waals surface area (Å²) in [6.45, 7) is 10.4. The highest BCUT2D eigenvalue weighted by molar-refractivity contribution is 5.12. The van der Waals surface area contributed by atoms with E-state index in [-0.39, 0.29) is 0 Å². The Morgan fingerprint density at radius 3 is 2.40 bits per heavy atom. The SMILES string of the molecule is C[C@H]1CC23CCC4C(C)(C)CCC[C@]4(C)C2CCC1C3. The minimum atomic E-state index is 0.607. The quantitative estimate of drug-likeness (QED) is 0.504. The van der Waals surface area contributed by atoms with Crippen LogP contribution in [0, 0.1) is 39.9 Å². The summed E-state index contributed by atoms with van der Waals surface area (Å²) in [5.41, 5.74) is 2.06. The summed E-state index contributed by atoms with van der Waals surface area (Å²) in [5.74, 6) is 4.18. The highest BCUT2D eigenvalue weighted by Gasteiger charge is 2.63. The summed E-state index contributed by atoms with van der Waals surface area (Å²) in [4.78, 5) is 0. The van der Waals surface area contributed by atoms with Crippen LogP contribution in [0.1, 0.15) is 85.5 Å².